The van der Waals surface area contributed by atoms with Crippen molar-refractivity contribution in [2.75, 3.05) is 4.90 Å². The zero-order valence-corrected chi connectivity index (χ0v) is 14.3. The van der Waals surface area contributed by atoms with Crippen LogP contribution in [0, 0.1) is 0 Å². The predicted octanol–water partition coefficient (Wildman–Crippen LogP) is 4.62. The molecule has 0 saturated heterocycles. The van der Waals surface area contributed by atoms with Gasteiger partial charge < -0.3 is 4.90 Å². The van der Waals surface area contributed by atoms with E-state index >= 15 is 0 Å². The van der Waals surface area contributed by atoms with Gasteiger partial charge in [-0.15, -0.1) is 0 Å². The first kappa shape index (κ1) is 14.6. The van der Waals surface area contributed by atoms with E-state index in [1.807, 2.05) is 35.2 Å². The predicted molar refractivity (Wildman–Crippen MR) is 92.8 cm³/mol. The molecule has 2 atom stereocenters. The lowest BCUT2D eigenvalue weighted by Gasteiger charge is -2.29. The Morgan fingerprint density at radius 1 is 1.17 bits per heavy atom. The van der Waals surface area contributed by atoms with Gasteiger partial charge in [0.25, 0.3) is 0 Å². The Morgan fingerprint density at radius 2 is 1.91 bits per heavy atom. The fourth-order valence-electron chi connectivity index (χ4n) is 4.05. The Balaban J connectivity index is 1.97. The number of anilines is 1. The van der Waals surface area contributed by atoms with E-state index < -0.39 is 0 Å². The average molecular weight is 370 g/mol. The van der Waals surface area contributed by atoms with Crippen LogP contribution in [-0.2, 0) is 4.79 Å². The summed E-state index contributed by atoms with van der Waals surface area (Å²) in [6.45, 7) is 1.60. The van der Waals surface area contributed by atoms with Crippen LogP contribution in [0.5, 0.6) is 0 Å². The summed E-state index contributed by atoms with van der Waals surface area (Å²) in [5.41, 5.74) is 3.83. The van der Waals surface area contributed by atoms with Gasteiger partial charge >= 0.3 is 0 Å². The molecule has 2 unspecified atom stereocenters. The molecule has 0 bridgehead atoms. The van der Waals surface area contributed by atoms with Crippen LogP contribution in [0.25, 0.3) is 0 Å². The molecule has 4 rings (SSSR count). The van der Waals surface area contributed by atoms with Crippen molar-refractivity contribution < 1.29 is 9.59 Å². The van der Waals surface area contributed by atoms with Crippen molar-refractivity contribution in [3.05, 3.63) is 63.6 Å². The molecule has 4 heteroatoms. The van der Waals surface area contributed by atoms with Crippen LogP contribution in [0.3, 0.4) is 0 Å². The van der Waals surface area contributed by atoms with Gasteiger partial charge in [-0.25, -0.2) is 0 Å². The molecule has 0 saturated carbocycles. The molecule has 2 aromatic carbocycles. The van der Waals surface area contributed by atoms with E-state index in [4.69, 9.17) is 0 Å². The average Bonchev–Trinajstić information content (AvgIpc) is 2.88. The van der Waals surface area contributed by atoms with Crippen molar-refractivity contribution in [2.24, 2.45) is 0 Å². The fraction of sp³-hybridized carbons (Fsp3) is 0.263. The van der Waals surface area contributed by atoms with Gasteiger partial charge in [-0.05, 0) is 29.7 Å². The van der Waals surface area contributed by atoms with Crippen molar-refractivity contribution in [1.29, 1.82) is 0 Å². The van der Waals surface area contributed by atoms with E-state index in [0.29, 0.717) is 6.42 Å². The number of ketones is 1. The van der Waals surface area contributed by atoms with E-state index in [1.54, 1.807) is 6.92 Å². The van der Waals surface area contributed by atoms with Crippen LogP contribution in [0.15, 0.2) is 46.9 Å². The molecular weight excluding hydrogens is 354 g/mol. The highest BCUT2D eigenvalue weighted by Crippen LogP contribution is 2.55. The van der Waals surface area contributed by atoms with Crippen molar-refractivity contribution in [1.82, 2.24) is 0 Å². The number of hydrogen-bond acceptors (Lipinski definition) is 2. The second-order valence-corrected chi connectivity index (χ2v) is 7.02. The molecule has 2 aromatic rings. The summed E-state index contributed by atoms with van der Waals surface area (Å²) in [7, 11) is 0. The van der Waals surface area contributed by atoms with Gasteiger partial charge in [-0.2, -0.15) is 0 Å². The van der Waals surface area contributed by atoms with E-state index in [1.165, 1.54) is 0 Å². The number of nitrogens with zero attached hydrogens (tertiary/aromatic N) is 1. The summed E-state index contributed by atoms with van der Waals surface area (Å²) >= 11 is 3.52. The molecule has 0 aromatic heterocycles. The summed E-state index contributed by atoms with van der Waals surface area (Å²) in [5, 5.41) is 0. The monoisotopic (exact) mass is 369 g/mol. The second-order valence-electron chi connectivity index (χ2n) is 6.17. The van der Waals surface area contributed by atoms with Crippen LogP contribution in [0.1, 0.15) is 53.2 Å². The van der Waals surface area contributed by atoms with Gasteiger partial charge in [0.05, 0.1) is 6.04 Å². The highest BCUT2D eigenvalue weighted by Gasteiger charge is 2.46. The summed E-state index contributed by atoms with van der Waals surface area (Å²) in [6.07, 6.45) is 1.33. The fourth-order valence-corrected chi connectivity index (χ4v) is 4.62. The maximum Gasteiger partial charge on any atom is 0.224 e. The normalized spacial score (nSPS) is 22.2. The SMILES string of the molecule is CC(=O)N1c2ccc(Br)c3c2C(CCC3=O)C1c1ccccc1. The molecule has 1 aliphatic heterocycles. The minimum Gasteiger partial charge on any atom is -0.304 e. The number of carbonyl (C=O) groups is 2. The van der Waals surface area contributed by atoms with Crippen molar-refractivity contribution in [2.45, 2.75) is 31.7 Å². The van der Waals surface area contributed by atoms with E-state index in [2.05, 4.69) is 28.1 Å². The molecule has 2 aliphatic rings. The van der Waals surface area contributed by atoms with Crippen LogP contribution in [0.2, 0.25) is 0 Å². The molecule has 1 amide bonds. The topological polar surface area (TPSA) is 37.4 Å². The van der Waals surface area contributed by atoms with Crippen LogP contribution in [-0.4, -0.2) is 11.7 Å². The summed E-state index contributed by atoms with van der Waals surface area (Å²) < 4.78 is 0.836. The lowest BCUT2D eigenvalue weighted by atomic mass is 9.78. The van der Waals surface area contributed by atoms with Gasteiger partial charge in [0.2, 0.25) is 5.91 Å². The van der Waals surface area contributed by atoms with Crippen molar-refractivity contribution >= 4 is 33.3 Å². The van der Waals surface area contributed by atoms with Gasteiger partial charge in [0.15, 0.2) is 5.78 Å². The zero-order valence-electron chi connectivity index (χ0n) is 12.8. The molecule has 0 N–H and O–H groups in total. The molecular formula is C19H16BrNO2. The number of amides is 1. The molecule has 0 fully saturated rings. The molecule has 0 spiro atoms. The largest absolute Gasteiger partial charge is 0.304 e. The van der Waals surface area contributed by atoms with Gasteiger partial charge in [0.1, 0.15) is 0 Å². The van der Waals surface area contributed by atoms with E-state index in [0.717, 1.165) is 33.3 Å². The third-order valence-corrected chi connectivity index (χ3v) is 5.56. The van der Waals surface area contributed by atoms with E-state index in [9.17, 15) is 9.59 Å². The number of hydrogen-bond donors (Lipinski definition) is 0. The number of carbonyl (C=O) groups excluding carboxylic acids is 2. The minimum atomic E-state index is -0.0233. The van der Waals surface area contributed by atoms with Crippen LogP contribution in [0.4, 0.5) is 5.69 Å². The highest BCUT2D eigenvalue weighted by atomic mass is 79.9. The Labute approximate surface area is 143 Å². The van der Waals surface area contributed by atoms with Crippen LogP contribution >= 0.6 is 15.9 Å². The first-order valence-corrected chi connectivity index (χ1v) is 8.59. The maximum absolute atomic E-state index is 12.4. The molecule has 1 heterocycles. The lowest BCUT2D eigenvalue weighted by molar-refractivity contribution is -0.117. The number of benzene rings is 2. The third-order valence-electron chi connectivity index (χ3n) is 4.90. The number of Topliss-reactive ketones (excluding diaryl/α,β-unsaturated/α-hetero) is 1. The Kier molecular flexibility index (Phi) is 3.38. The summed E-state index contributed by atoms with van der Waals surface area (Å²) in [6, 6.07) is 13.9. The van der Waals surface area contributed by atoms with Gasteiger partial charge in [-0.1, -0.05) is 46.3 Å². The zero-order chi connectivity index (χ0) is 16.1. The quantitative estimate of drug-likeness (QED) is 0.735. The second kappa shape index (κ2) is 5.31. The molecule has 116 valence electrons. The van der Waals surface area contributed by atoms with Gasteiger partial charge in [-0.3, -0.25) is 9.59 Å². The Hall–Kier alpha value is -1.94. The minimum absolute atomic E-state index is 0.0187. The van der Waals surface area contributed by atoms with Crippen molar-refractivity contribution in [3.63, 3.8) is 0 Å². The number of rotatable bonds is 1. The van der Waals surface area contributed by atoms with E-state index in [-0.39, 0.29) is 23.7 Å². The highest BCUT2D eigenvalue weighted by molar-refractivity contribution is 9.10. The van der Waals surface area contributed by atoms with Crippen LogP contribution < -0.4 is 4.90 Å². The van der Waals surface area contributed by atoms with Crippen molar-refractivity contribution in [3.8, 4) is 0 Å². The lowest BCUT2D eigenvalue weighted by Crippen LogP contribution is -2.31. The maximum atomic E-state index is 12.4. The van der Waals surface area contributed by atoms with Gasteiger partial charge in [0, 0.05) is 35.0 Å². The Morgan fingerprint density at radius 3 is 2.61 bits per heavy atom. The first-order chi connectivity index (χ1) is 11.1. The Bertz CT molecular complexity index is 816. The summed E-state index contributed by atoms with van der Waals surface area (Å²) in [5.74, 6) is 0.369. The molecule has 1 aliphatic carbocycles. The first-order valence-electron chi connectivity index (χ1n) is 7.80. The smallest absolute Gasteiger partial charge is 0.224 e. The third kappa shape index (κ3) is 2.08. The molecule has 23 heavy (non-hydrogen) atoms. The summed E-state index contributed by atoms with van der Waals surface area (Å²) in [4.78, 5) is 26.7. The number of halogens is 1. The molecule has 3 nitrogen and oxygen atoms in total. The standard InChI is InChI=1S/C19H16BrNO2/c1-11(22)21-15-9-8-14(20)18-16(23)10-7-13(17(15)18)19(21)12-5-3-2-4-6-12/h2-6,8-9,13,19H,7,10H2,1H3. The molecule has 0 radical (unpaired) electrons.